The number of carbonyl (C=O) groups excluding carboxylic acids is 1. The maximum atomic E-state index is 11.6. The number of hydrogen-bond donors (Lipinski definition) is 1. The molecule has 104 valence electrons. The molecule has 0 aliphatic heterocycles. The molecule has 1 aromatic rings. The average Bonchev–Trinajstić information content (AvgIpc) is 2.40. The molecule has 0 spiro atoms. The number of nitrogens with one attached hydrogen (secondary N) is 1. The fourth-order valence-corrected chi connectivity index (χ4v) is 2.24. The van der Waals surface area contributed by atoms with Gasteiger partial charge in [-0.3, -0.25) is 4.72 Å². The van der Waals surface area contributed by atoms with Gasteiger partial charge in [-0.25, -0.2) is 4.79 Å². The first-order valence-corrected chi connectivity index (χ1v) is 7.36. The van der Waals surface area contributed by atoms with Gasteiger partial charge >= 0.3 is 6.09 Å². The number of ether oxygens (including phenoxy) is 1. The lowest BCUT2D eigenvalue weighted by Gasteiger charge is -2.14. The zero-order chi connectivity index (χ0) is 14.1. The van der Waals surface area contributed by atoms with Crippen LogP contribution < -0.4 is 4.72 Å². The summed E-state index contributed by atoms with van der Waals surface area (Å²) in [5.41, 5.74) is 0.989. The Hall–Kier alpha value is -1.42. The van der Waals surface area contributed by atoms with Crippen LogP contribution in [-0.2, 0) is 4.74 Å². The zero-order valence-corrected chi connectivity index (χ0v) is 12.3. The summed E-state index contributed by atoms with van der Waals surface area (Å²) in [7, 11) is 0. The third kappa shape index (κ3) is 6.34. The number of hydrogen-bond acceptors (Lipinski definition) is 3. The van der Waals surface area contributed by atoms with Gasteiger partial charge in [0.25, 0.3) is 0 Å². The zero-order valence-electron chi connectivity index (χ0n) is 11.5. The first kappa shape index (κ1) is 15.6. The molecule has 4 heteroatoms. The Balaban J connectivity index is 2.26. The van der Waals surface area contributed by atoms with Gasteiger partial charge in [0.1, 0.15) is 6.10 Å². The molecular weight excluding hydrogens is 258 g/mol. The second kappa shape index (κ2) is 8.64. The molecule has 1 N–H and O–H groups in total. The van der Waals surface area contributed by atoms with E-state index in [0.717, 1.165) is 17.7 Å². The molecule has 19 heavy (non-hydrogen) atoms. The Bertz CT molecular complexity index is 394. The van der Waals surface area contributed by atoms with E-state index < -0.39 is 6.09 Å². The van der Waals surface area contributed by atoms with Crippen LogP contribution in [0.5, 0.6) is 0 Å². The highest BCUT2D eigenvalue weighted by atomic mass is 32.2. The van der Waals surface area contributed by atoms with Gasteiger partial charge in [0.05, 0.1) is 0 Å². The lowest BCUT2D eigenvalue weighted by atomic mass is 10.1. The number of rotatable bonds is 7. The number of amides is 1. The van der Waals surface area contributed by atoms with Crippen molar-refractivity contribution in [2.45, 2.75) is 26.4 Å². The van der Waals surface area contributed by atoms with E-state index in [2.05, 4.69) is 18.2 Å². The van der Waals surface area contributed by atoms with E-state index in [-0.39, 0.29) is 6.10 Å². The van der Waals surface area contributed by atoms with E-state index in [9.17, 15) is 4.79 Å². The molecule has 0 bridgehead atoms. The summed E-state index contributed by atoms with van der Waals surface area (Å²) in [5, 5.41) is 0. The van der Waals surface area contributed by atoms with Crippen molar-refractivity contribution in [1.29, 1.82) is 0 Å². The average molecular weight is 279 g/mol. The van der Waals surface area contributed by atoms with Gasteiger partial charge in [-0.15, -0.1) is 6.58 Å². The van der Waals surface area contributed by atoms with Gasteiger partial charge in [-0.2, -0.15) is 0 Å². The van der Waals surface area contributed by atoms with Crippen molar-refractivity contribution in [2.24, 2.45) is 5.92 Å². The summed E-state index contributed by atoms with van der Waals surface area (Å²) in [6, 6.07) is 9.68. The SMILES string of the molecule is C=CC[C@H](C)CSNC(=O)O[C@@H](C)c1ccccc1. The van der Waals surface area contributed by atoms with Crippen molar-refractivity contribution in [2.75, 3.05) is 5.75 Å². The van der Waals surface area contributed by atoms with Crippen molar-refractivity contribution in [1.82, 2.24) is 4.72 Å². The first-order chi connectivity index (χ1) is 9.13. The van der Waals surface area contributed by atoms with Gasteiger partial charge in [-0.1, -0.05) is 43.3 Å². The normalized spacial score (nSPS) is 13.4. The molecular formula is C15H21NO2S. The highest BCUT2D eigenvalue weighted by Gasteiger charge is 2.11. The number of allylic oxidation sites excluding steroid dienone is 1. The van der Waals surface area contributed by atoms with Crippen molar-refractivity contribution < 1.29 is 9.53 Å². The van der Waals surface area contributed by atoms with E-state index in [0.29, 0.717) is 5.92 Å². The largest absolute Gasteiger partial charge is 0.441 e. The lowest BCUT2D eigenvalue weighted by Crippen LogP contribution is -2.20. The summed E-state index contributed by atoms with van der Waals surface area (Å²) in [6.07, 6.45) is 2.20. The Labute approximate surface area is 119 Å². The van der Waals surface area contributed by atoms with E-state index in [1.165, 1.54) is 11.9 Å². The van der Waals surface area contributed by atoms with Gasteiger partial charge in [0.15, 0.2) is 0 Å². The fraction of sp³-hybridized carbons (Fsp3) is 0.400. The third-order valence-corrected chi connectivity index (χ3v) is 3.69. The molecule has 0 aliphatic carbocycles. The van der Waals surface area contributed by atoms with Crippen LogP contribution in [0, 0.1) is 5.92 Å². The lowest BCUT2D eigenvalue weighted by molar-refractivity contribution is 0.113. The highest BCUT2D eigenvalue weighted by Crippen LogP contribution is 2.16. The maximum Gasteiger partial charge on any atom is 0.417 e. The highest BCUT2D eigenvalue weighted by molar-refractivity contribution is 7.97. The second-order valence-corrected chi connectivity index (χ2v) is 5.33. The van der Waals surface area contributed by atoms with Crippen LogP contribution in [0.25, 0.3) is 0 Å². The van der Waals surface area contributed by atoms with E-state index in [1.54, 1.807) is 0 Å². The van der Waals surface area contributed by atoms with E-state index in [1.807, 2.05) is 43.3 Å². The van der Waals surface area contributed by atoms with Gasteiger partial charge in [0, 0.05) is 5.75 Å². The van der Waals surface area contributed by atoms with E-state index >= 15 is 0 Å². The summed E-state index contributed by atoms with van der Waals surface area (Å²) in [6.45, 7) is 7.68. The van der Waals surface area contributed by atoms with Gasteiger partial charge < -0.3 is 4.74 Å². The molecule has 0 heterocycles. The smallest absolute Gasteiger partial charge is 0.417 e. The maximum absolute atomic E-state index is 11.6. The Morgan fingerprint density at radius 1 is 1.42 bits per heavy atom. The van der Waals surface area contributed by atoms with Gasteiger partial charge in [0.2, 0.25) is 0 Å². The minimum absolute atomic E-state index is 0.243. The minimum atomic E-state index is -0.396. The predicted molar refractivity (Wildman–Crippen MR) is 80.9 cm³/mol. The van der Waals surface area contributed by atoms with Crippen molar-refractivity contribution in [3.05, 3.63) is 48.6 Å². The molecule has 0 aliphatic rings. The van der Waals surface area contributed by atoms with Crippen LogP contribution >= 0.6 is 11.9 Å². The molecule has 1 aromatic carbocycles. The molecule has 1 rings (SSSR count). The minimum Gasteiger partial charge on any atom is -0.441 e. The molecule has 0 saturated heterocycles. The van der Waals surface area contributed by atoms with Crippen LogP contribution in [0.2, 0.25) is 0 Å². The fourth-order valence-electron chi connectivity index (χ4n) is 1.57. The van der Waals surface area contributed by atoms with E-state index in [4.69, 9.17) is 4.74 Å². The summed E-state index contributed by atoms with van der Waals surface area (Å²) in [4.78, 5) is 11.6. The predicted octanol–water partition coefficient (Wildman–Crippen LogP) is 4.33. The van der Waals surface area contributed by atoms with Crippen LogP contribution in [0.3, 0.4) is 0 Å². The second-order valence-electron chi connectivity index (χ2n) is 4.50. The van der Waals surface area contributed by atoms with Gasteiger partial charge in [-0.05, 0) is 36.8 Å². The molecule has 1 amide bonds. The Kier molecular flexibility index (Phi) is 7.11. The third-order valence-electron chi connectivity index (χ3n) is 2.65. The molecule has 0 unspecified atom stereocenters. The van der Waals surface area contributed by atoms with Crippen LogP contribution in [0.1, 0.15) is 31.9 Å². The molecule has 0 radical (unpaired) electrons. The Morgan fingerprint density at radius 3 is 2.74 bits per heavy atom. The standard InChI is InChI=1S/C15H21NO2S/c1-4-8-12(2)11-19-16-15(17)18-13(3)14-9-6-5-7-10-14/h4-7,9-10,12-13H,1,8,11H2,2-3H3,(H,16,17)/t12-,13-/m0/s1. The first-order valence-electron chi connectivity index (χ1n) is 6.37. The van der Waals surface area contributed by atoms with Crippen LogP contribution in [-0.4, -0.2) is 11.8 Å². The Morgan fingerprint density at radius 2 is 2.11 bits per heavy atom. The van der Waals surface area contributed by atoms with Crippen molar-refractivity contribution in [3.8, 4) is 0 Å². The number of carbonyl (C=O) groups is 1. The molecule has 0 fully saturated rings. The quantitative estimate of drug-likeness (QED) is 0.596. The number of benzene rings is 1. The summed E-state index contributed by atoms with van der Waals surface area (Å²) in [5.74, 6) is 1.34. The van der Waals surface area contributed by atoms with Crippen LogP contribution in [0.15, 0.2) is 43.0 Å². The van der Waals surface area contributed by atoms with Crippen LogP contribution in [0.4, 0.5) is 4.79 Å². The summed E-state index contributed by atoms with van der Waals surface area (Å²) >= 11 is 1.37. The molecule has 0 saturated carbocycles. The molecule has 0 aromatic heterocycles. The molecule has 2 atom stereocenters. The van der Waals surface area contributed by atoms with Crippen molar-refractivity contribution in [3.63, 3.8) is 0 Å². The summed E-state index contributed by atoms with van der Waals surface area (Å²) < 4.78 is 7.98. The topological polar surface area (TPSA) is 38.3 Å². The van der Waals surface area contributed by atoms with Crippen molar-refractivity contribution >= 4 is 18.0 Å². The molecule has 3 nitrogen and oxygen atoms in total. The monoisotopic (exact) mass is 279 g/mol.